The van der Waals surface area contributed by atoms with Crippen LogP contribution in [0.15, 0.2) is 24.3 Å². The molecule has 1 fully saturated rings. The summed E-state index contributed by atoms with van der Waals surface area (Å²) in [5.41, 5.74) is 2.72. The zero-order valence-corrected chi connectivity index (χ0v) is 10.7. The smallest absolute Gasteiger partial charge is 0.176 e. The Kier molecular flexibility index (Phi) is 2.99. The molecule has 17 heavy (non-hydrogen) atoms. The highest BCUT2D eigenvalue weighted by Gasteiger charge is 2.25. The first-order chi connectivity index (χ1) is 8.36. The van der Waals surface area contributed by atoms with Crippen molar-refractivity contribution in [3.8, 4) is 0 Å². The number of rotatable bonds is 0. The molecular formula is C13H17N3S. The second kappa shape index (κ2) is 4.63. The maximum atomic E-state index is 5.63. The van der Waals surface area contributed by atoms with E-state index in [-0.39, 0.29) is 0 Å². The van der Waals surface area contributed by atoms with Gasteiger partial charge in [-0.3, -0.25) is 0 Å². The van der Waals surface area contributed by atoms with Crippen LogP contribution in [0.1, 0.15) is 5.56 Å². The molecule has 4 heteroatoms. The minimum atomic E-state index is 0.997. The molecule has 1 aromatic rings. The van der Waals surface area contributed by atoms with Crippen molar-refractivity contribution in [2.24, 2.45) is 0 Å². The Labute approximate surface area is 107 Å². The molecule has 0 aromatic heterocycles. The molecule has 2 heterocycles. The number of hydrogen-bond acceptors (Lipinski definition) is 2. The van der Waals surface area contributed by atoms with Gasteiger partial charge in [0.2, 0.25) is 0 Å². The van der Waals surface area contributed by atoms with E-state index in [2.05, 4.69) is 39.4 Å². The third kappa shape index (κ3) is 2.03. The highest BCUT2D eigenvalue weighted by Crippen LogP contribution is 2.28. The van der Waals surface area contributed by atoms with Gasteiger partial charge in [0.25, 0.3) is 0 Å². The fraction of sp³-hybridized carbons (Fsp3) is 0.462. The first-order valence-electron chi connectivity index (χ1n) is 6.21. The van der Waals surface area contributed by atoms with Gasteiger partial charge in [-0.1, -0.05) is 18.2 Å². The van der Waals surface area contributed by atoms with Gasteiger partial charge < -0.3 is 15.1 Å². The van der Waals surface area contributed by atoms with Gasteiger partial charge in [-0.05, 0) is 30.3 Å². The molecule has 0 spiro atoms. The topological polar surface area (TPSA) is 18.5 Å². The number of benzene rings is 1. The summed E-state index contributed by atoms with van der Waals surface area (Å²) in [6.07, 6.45) is 1.11. The van der Waals surface area contributed by atoms with Crippen LogP contribution in [0.3, 0.4) is 0 Å². The minimum absolute atomic E-state index is 0.997. The van der Waals surface area contributed by atoms with E-state index in [0.29, 0.717) is 0 Å². The standard InChI is InChI=1S/C13H17N3S/c17-13(15-9-6-14-7-10-15)16-8-5-11-3-1-2-4-12(11)16/h1-4,14H,5-10H2. The molecule has 90 valence electrons. The normalized spacial score (nSPS) is 19.3. The van der Waals surface area contributed by atoms with Crippen molar-refractivity contribution in [2.45, 2.75) is 6.42 Å². The molecule has 2 aliphatic heterocycles. The molecule has 0 amide bonds. The monoisotopic (exact) mass is 247 g/mol. The molecule has 0 radical (unpaired) electrons. The van der Waals surface area contributed by atoms with Gasteiger partial charge >= 0.3 is 0 Å². The second-order valence-electron chi connectivity index (χ2n) is 4.55. The molecule has 0 atom stereocenters. The van der Waals surface area contributed by atoms with Gasteiger partial charge in [-0.15, -0.1) is 0 Å². The Bertz CT molecular complexity index is 426. The van der Waals surface area contributed by atoms with Gasteiger partial charge in [-0.2, -0.15) is 0 Å². The van der Waals surface area contributed by atoms with Crippen molar-refractivity contribution in [1.29, 1.82) is 0 Å². The van der Waals surface area contributed by atoms with Crippen molar-refractivity contribution in [2.75, 3.05) is 37.6 Å². The zero-order chi connectivity index (χ0) is 11.7. The van der Waals surface area contributed by atoms with Crippen molar-refractivity contribution < 1.29 is 0 Å². The highest BCUT2D eigenvalue weighted by molar-refractivity contribution is 7.80. The summed E-state index contributed by atoms with van der Waals surface area (Å²) < 4.78 is 0. The van der Waals surface area contributed by atoms with Crippen LogP contribution < -0.4 is 10.2 Å². The van der Waals surface area contributed by atoms with Crippen molar-refractivity contribution in [3.05, 3.63) is 29.8 Å². The maximum absolute atomic E-state index is 5.63. The lowest BCUT2D eigenvalue weighted by Gasteiger charge is -2.34. The molecule has 0 aliphatic carbocycles. The van der Waals surface area contributed by atoms with E-state index < -0.39 is 0 Å². The van der Waals surface area contributed by atoms with Crippen LogP contribution in [0.2, 0.25) is 0 Å². The van der Waals surface area contributed by atoms with E-state index >= 15 is 0 Å². The summed E-state index contributed by atoms with van der Waals surface area (Å²) in [6, 6.07) is 8.58. The van der Waals surface area contributed by atoms with Gasteiger partial charge in [0.1, 0.15) is 0 Å². The van der Waals surface area contributed by atoms with Crippen LogP contribution in [0, 0.1) is 0 Å². The van der Waals surface area contributed by atoms with E-state index in [0.717, 1.165) is 44.3 Å². The Morgan fingerprint density at radius 1 is 1.12 bits per heavy atom. The van der Waals surface area contributed by atoms with Gasteiger partial charge in [0.05, 0.1) is 0 Å². The summed E-state index contributed by atoms with van der Waals surface area (Å²) in [5, 5.41) is 4.36. The zero-order valence-electron chi connectivity index (χ0n) is 9.85. The first-order valence-corrected chi connectivity index (χ1v) is 6.62. The Morgan fingerprint density at radius 2 is 1.88 bits per heavy atom. The van der Waals surface area contributed by atoms with Crippen LogP contribution >= 0.6 is 12.2 Å². The predicted octanol–water partition coefficient (Wildman–Crippen LogP) is 1.24. The number of nitrogens with zero attached hydrogens (tertiary/aromatic N) is 2. The lowest BCUT2D eigenvalue weighted by molar-refractivity contribution is 0.358. The lowest BCUT2D eigenvalue weighted by Crippen LogP contribution is -2.51. The average molecular weight is 247 g/mol. The number of nitrogens with one attached hydrogen (secondary N) is 1. The maximum Gasteiger partial charge on any atom is 0.176 e. The summed E-state index contributed by atoms with van der Waals surface area (Å²) in [5.74, 6) is 0. The van der Waals surface area contributed by atoms with E-state index in [1.807, 2.05) is 0 Å². The molecule has 0 bridgehead atoms. The summed E-state index contributed by atoms with van der Waals surface area (Å²) in [7, 11) is 0. The van der Waals surface area contributed by atoms with Crippen LogP contribution in [0.5, 0.6) is 0 Å². The fourth-order valence-corrected chi connectivity index (χ4v) is 2.94. The van der Waals surface area contributed by atoms with E-state index in [1.54, 1.807) is 0 Å². The van der Waals surface area contributed by atoms with E-state index in [9.17, 15) is 0 Å². The third-order valence-corrected chi connectivity index (χ3v) is 3.98. The molecule has 1 N–H and O–H groups in total. The van der Waals surface area contributed by atoms with Crippen molar-refractivity contribution >= 4 is 23.0 Å². The molecule has 1 saturated heterocycles. The minimum Gasteiger partial charge on any atom is -0.346 e. The fourth-order valence-electron chi connectivity index (χ4n) is 2.56. The van der Waals surface area contributed by atoms with Crippen molar-refractivity contribution in [1.82, 2.24) is 10.2 Å². The van der Waals surface area contributed by atoms with Crippen molar-refractivity contribution in [3.63, 3.8) is 0 Å². The van der Waals surface area contributed by atoms with E-state index in [4.69, 9.17) is 12.2 Å². The van der Waals surface area contributed by atoms with Gasteiger partial charge in [-0.25, -0.2) is 0 Å². The highest BCUT2D eigenvalue weighted by atomic mass is 32.1. The number of thiocarbonyl (C=S) groups is 1. The van der Waals surface area contributed by atoms with Gasteiger partial charge in [0.15, 0.2) is 5.11 Å². The Morgan fingerprint density at radius 3 is 2.71 bits per heavy atom. The molecule has 2 aliphatic rings. The quantitative estimate of drug-likeness (QED) is 0.695. The van der Waals surface area contributed by atoms with Gasteiger partial charge in [0, 0.05) is 38.4 Å². The van der Waals surface area contributed by atoms with Crippen LogP contribution in [0.25, 0.3) is 0 Å². The SMILES string of the molecule is S=C(N1CCNCC1)N1CCc2ccccc21. The largest absolute Gasteiger partial charge is 0.346 e. The molecule has 0 saturated carbocycles. The summed E-state index contributed by atoms with van der Waals surface area (Å²) in [4.78, 5) is 4.60. The molecule has 1 aromatic carbocycles. The lowest BCUT2D eigenvalue weighted by atomic mass is 10.2. The summed E-state index contributed by atoms with van der Waals surface area (Å²) in [6.45, 7) is 5.16. The number of hydrogen-bond donors (Lipinski definition) is 1. The number of fused-ring (bicyclic) bond motifs is 1. The van der Waals surface area contributed by atoms with Crippen LogP contribution in [-0.4, -0.2) is 42.7 Å². The first kappa shape index (κ1) is 11.0. The molecular weight excluding hydrogens is 230 g/mol. The summed E-state index contributed by atoms with van der Waals surface area (Å²) >= 11 is 5.63. The Hall–Kier alpha value is -1.13. The molecule has 3 rings (SSSR count). The molecule has 3 nitrogen and oxygen atoms in total. The van der Waals surface area contributed by atoms with Crippen LogP contribution in [0.4, 0.5) is 5.69 Å². The number of piperazine rings is 1. The average Bonchev–Trinajstić information content (AvgIpc) is 2.83. The predicted molar refractivity (Wildman–Crippen MR) is 74.5 cm³/mol. The van der Waals surface area contributed by atoms with Crippen LogP contribution in [-0.2, 0) is 6.42 Å². The van der Waals surface area contributed by atoms with E-state index in [1.165, 1.54) is 11.3 Å². The second-order valence-corrected chi connectivity index (χ2v) is 4.92. The Balaban J connectivity index is 1.79. The third-order valence-electron chi connectivity index (χ3n) is 3.51. The number of anilines is 1. The molecule has 0 unspecified atom stereocenters. The number of para-hydroxylation sites is 1.